The Morgan fingerprint density at radius 1 is 1.02 bits per heavy atom. The zero-order valence-corrected chi connectivity index (χ0v) is 23.0. The average molecular weight is 574 g/mol. The molecule has 1 fully saturated rings. The number of carbonyl (C=O) groups excluding carboxylic acids is 1. The molecule has 0 aliphatic heterocycles. The van der Waals surface area contributed by atoms with Gasteiger partial charge in [-0.1, -0.05) is 12.1 Å². The van der Waals surface area contributed by atoms with Crippen molar-refractivity contribution in [3.63, 3.8) is 0 Å². The monoisotopic (exact) mass is 573 g/mol. The Balaban J connectivity index is 1.36. The number of furan rings is 1. The van der Waals surface area contributed by atoms with E-state index in [4.69, 9.17) is 4.42 Å². The van der Waals surface area contributed by atoms with E-state index in [2.05, 4.69) is 19.9 Å². The number of hydrogen-bond acceptors (Lipinski definition) is 7. The third-order valence-electron chi connectivity index (χ3n) is 8.09. The number of imidazole rings is 1. The second-order valence-corrected chi connectivity index (χ2v) is 10.9. The molecule has 3 heterocycles. The van der Waals surface area contributed by atoms with Gasteiger partial charge in [-0.25, -0.2) is 19.3 Å². The van der Waals surface area contributed by atoms with E-state index in [1.807, 2.05) is 13.0 Å². The summed E-state index contributed by atoms with van der Waals surface area (Å²) in [6.45, 7) is 1.85. The summed E-state index contributed by atoms with van der Waals surface area (Å²) in [5.74, 6) is 1.10. The van der Waals surface area contributed by atoms with Crippen molar-refractivity contribution in [1.82, 2.24) is 19.9 Å². The lowest BCUT2D eigenvalue weighted by molar-refractivity contribution is -0.384. The summed E-state index contributed by atoms with van der Waals surface area (Å²) in [4.78, 5) is 41.8. The number of nitrogens with zero attached hydrogens (tertiary/aromatic N) is 4. The number of hydrogen-bond donors (Lipinski definition) is 1. The fourth-order valence-electron chi connectivity index (χ4n) is 5.65. The molecule has 43 heavy (non-hydrogen) atoms. The molecule has 1 aliphatic rings. The summed E-state index contributed by atoms with van der Waals surface area (Å²) in [6, 6.07) is 16.0. The van der Waals surface area contributed by atoms with Gasteiger partial charge in [-0.3, -0.25) is 14.9 Å². The van der Waals surface area contributed by atoms with Crippen LogP contribution < -0.4 is 0 Å². The van der Waals surface area contributed by atoms with Crippen LogP contribution in [0.5, 0.6) is 0 Å². The molecule has 3 aromatic heterocycles. The number of aromatic nitrogens is 4. The molecule has 212 valence electrons. The number of halogens is 1. The number of nitro groups is 1. The lowest BCUT2D eigenvalue weighted by atomic mass is 9.90. The van der Waals surface area contributed by atoms with Crippen LogP contribution in [-0.4, -0.2) is 30.6 Å². The molecule has 7 rings (SSSR count). The first-order valence-corrected chi connectivity index (χ1v) is 13.8. The number of aromatic amines is 1. The minimum atomic E-state index is -0.464. The second kappa shape index (κ2) is 10.1. The smallest absolute Gasteiger partial charge is 0.280 e. The molecule has 10 heteroatoms. The topological polar surface area (TPSA) is 128 Å². The van der Waals surface area contributed by atoms with Crippen molar-refractivity contribution in [2.45, 2.75) is 31.6 Å². The predicted molar refractivity (Wildman–Crippen MR) is 158 cm³/mol. The summed E-state index contributed by atoms with van der Waals surface area (Å²) < 4.78 is 19.9. The highest BCUT2D eigenvalue weighted by atomic mass is 19.1. The molecule has 0 atom stereocenters. The van der Waals surface area contributed by atoms with Gasteiger partial charge in [0.2, 0.25) is 0 Å². The Morgan fingerprint density at radius 2 is 1.77 bits per heavy atom. The van der Waals surface area contributed by atoms with Crippen molar-refractivity contribution in [2.24, 2.45) is 0 Å². The van der Waals surface area contributed by atoms with Gasteiger partial charge in [0.05, 0.1) is 22.1 Å². The number of ketones is 1. The van der Waals surface area contributed by atoms with E-state index in [-0.39, 0.29) is 28.9 Å². The molecule has 0 spiro atoms. The maximum atomic E-state index is 13.7. The first-order chi connectivity index (χ1) is 20.8. The number of fused-ring (bicyclic) bond motifs is 1. The zero-order chi connectivity index (χ0) is 29.7. The number of nitrogens with one attached hydrogen (secondary N) is 1. The zero-order valence-electron chi connectivity index (χ0n) is 23.0. The van der Waals surface area contributed by atoms with Gasteiger partial charge in [-0.05, 0) is 73.4 Å². The Labute approximate surface area is 244 Å². The van der Waals surface area contributed by atoms with E-state index in [1.165, 1.54) is 18.2 Å². The average Bonchev–Trinajstić information content (AvgIpc) is 3.41. The predicted octanol–water partition coefficient (Wildman–Crippen LogP) is 7.61. The SMILES string of the molecule is Cc1ccc(-c2cc3c(-c4ncc[nH]4)c(-c4ccc(F)cc4)oc3cc2[N+](=O)[O-])cc1C(=O)CC1(c2ncccn2)CC1. The van der Waals surface area contributed by atoms with Crippen molar-refractivity contribution in [3.05, 3.63) is 118 Å². The maximum Gasteiger partial charge on any atom is 0.280 e. The van der Waals surface area contributed by atoms with Crippen LogP contribution in [0.4, 0.5) is 10.1 Å². The third kappa shape index (κ3) is 4.66. The molecular formula is C33H24FN5O4. The van der Waals surface area contributed by atoms with Crippen molar-refractivity contribution in [2.75, 3.05) is 0 Å². The van der Waals surface area contributed by atoms with Gasteiger partial charge in [0.25, 0.3) is 5.69 Å². The van der Waals surface area contributed by atoms with Gasteiger partial charge in [-0.15, -0.1) is 0 Å². The minimum Gasteiger partial charge on any atom is -0.455 e. The van der Waals surface area contributed by atoms with Gasteiger partial charge in [0, 0.05) is 53.1 Å². The molecule has 0 bridgehead atoms. The molecule has 1 aliphatic carbocycles. The van der Waals surface area contributed by atoms with E-state index >= 15 is 0 Å². The fourth-order valence-corrected chi connectivity index (χ4v) is 5.65. The van der Waals surface area contributed by atoms with E-state index in [0.717, 1.165) is 18.4 Å². The summed E-state index contributed by atoms with van der Waals surface area (Å²) in [7, 11) is 0. The largest absolute Gasteiger partial charge is 0.455 e. The molecule has 6 aromatic rings. The molecule has 0 saturated heterocycles. The number of H-pyrrole nitrogens is 1. The standard InChI is InChI=1S/C33H24FN5O4/c1-19-3-4-21(15-23(19)27(40)18-33(9-10-33)32-37-11-2-12-38-32)24-16-25-28(17-26(24)39(41)42)43-30(20-5-7-22(34)8-6-20)29(25)31-35-13-14-36-31/h2-8,11-17H,9-10,18H2,1H3,(H,35,36). The second-order valence-electron chi connectivity index (χ2n) is 10.9. The summed E-state index contributed by atoms with van der Waals surface area (Å²) in [5, 5.41) is 12.9. The van der Waals surface area contributed by atoms with Crippen LogP contribution in [-0.2, 0) is 5.41 Å². The summed E-state index contributed by atoms with van der Waals surface area (Å²) in [5.41, 5.74) is 3.05. The quantitative estimate of drug-likeness (QED) is 0.113. The lowest BCUT2D eigenvalue weighted by Gasteiger charge is -2.14. The highest BCUT2D eigenvalue weighted by Gasteiger charge is 2.48. The number of Topliss-reactive ketones (excluding diaryl/α,β-unsaturated/α-hetero) is 1. The molecule has 1 N–H and O–H groups in total. The van der Waals surface area contributed by atoms with Gasteiger partial charge >= 0.3 is 0 Å². The molecule has 0 radical (unpaired) electrons. The lowest BCUT2D eigenvalue weighted by Crippen LogP contribution is -2.17. The summed E-state index contributed by atoms with van der Waals surface area (Å²) in [6.07, 6.45) is 8.55. The fraction of sp³-hybridized carbons (Fsp3) is 0.152. The van der Waals surface area contributed by atoms with Gasteiger partial charge in [0.15, 0.2) is 5.78 Å². The third-order valence-corrected chi connectivity index (χ3v) is 8.09. The number of carbonyl (C=O) groups is 1. The number of nitro benzene ring substituents is 1. The Bertz CT molecular complexity index is 2010. The van der Waals surface area contributed by atoms with Gasteiger partial charge < -0.3 is 9.40 Å². The number of aryl methyl sites for hydroxylation is 1. The Kier molecular flexibility index (Phi) is 6.19. The number of benzene rings is 3. The molecule has 1 saturated carbocycles. The van der Waals surface area contributed by atoms with Crippen molar-refractivity contribution < 1.29 is 18.5 Å². The first kappa shape index (κ1) is 26.4. The number of rotatable bonds is 8. The van der Waals surface area contributed by atoms with E-state index in [0.29, 0.717) is 50.6 Å². The minimum absolute atomic E-state index is 0.0637. The normalized spacial score (nSPS) is 13.7. The van der Waals surface area contributed by atoms with Crippen LogP contribution >= 0.6 is 0 Å². The van der Waals surface area contributed by atoms with E-state index in [1.54, 1.807) is 61.2 Å². The molecule has 0 unspecified atom stereocenters. The van der Waals surface area contributed by atoms with Crippen molar-refractivity contribution >= 4 is 22.4 Å². The van der Waals surface area contributed by atoms with E-state index in [9.17, 15) is 19.3 Å². The molecular weight excluding hydrogens is 549 g/mol. The molecule has 0 amide bonds. The maximum absolute atomic E-state index is 13.7. The highest BCUT2D eigenvalue weighted by Crippen LogP contribution is 2.50. The molecule has 9 nitrogen and oxygen atoms in total. The van der Waals surface area contributed by atoms with Crippen LogP contribution in [0.15, 0.2) is 89.9 Å². The first-order valence-electron chi connectivity index (χ1n) is 13.8. The van der Waals surface area contributed by atoms with Crippen molar-refractivity contribution in [3.8, 4) is 33.8 Å². The van der Waals surface area contributed by atoms with Crippen LogP contribution in [0, 0.1) is 22.9 Å². The van der Waals surface area contributed by atoms with Crippen molar-refractivity contribution in [1.29, 1.82) is 0 Å². The van der Waals surface area contributed by atoms with Gasteiger partial charge in [-0.2, -0.15) is 0 Å². The Hall–Kier alpha value is -5.51. The summed E-state index contributed by atoms with van der Waals surface area (Å²) >= 11 is 0. The van der Waals surface area contributed by atoms with Crippen LogP contribution in [0.25, 0.3) is 44.8 Å². The van der Waals surface area contributed by atoms with Crippen LogP contribution in [0.1, 0.15) is 41.0 Å². The van der Waals surface area contributed by atoms with Crippen LogP contribution in [0.3, 0.4) is 0 Å². The van der Waals surface area contributed by atoms with E-state index < -0.39 is 10.7 Å². The Morgan fingerprint density at radius 3 is 2.44 bits per heavy atom. The molecule has 3 aromatic carbocycles. The highest BCUT2D eigenvalue weighted by molar-refractivity contribution is 6.04. The van der Waals surface area contributed by atoms with Gasteiger partial charge in [0.1, 0.15) is 28.8 Å². The van der Waals surface area contributed by atoms with Crippen LogP contribution in [0.2, 0.25) is 0 Å².